The van der Waals surface area contributed by atoms with Crippen LogP contribution in [-0.2, 0) is 25.7 Å². The third-order valence-electron chi connectivity index (χ3n) is 2.41. The van der Waals surface area contributed by atoms with E-state index in [0.29, 0.717) is 0 Å². The van der Waals surface area contributed by atoms with Crippen molar-refractivity contribution in [3.05, 3.63) is 35.9 Å². The maximum atomic E-state index is 11.5. The molecule has 1 atom stereocenters. The molecule has 0 saturated heterocycles. The van der Waals surface area contributed by atoms with E-state index in [0.717, 1.165) is 5.56 Å². The Morgan fingerprint density at radius 2 is 1.94 bits per heavy atom. The molecule has 0 aliphatic carbocycles. The molecule has 0 aliphatic rings. The molecule has 2 N–H and O–H groups in total. The van der Waals surface area contributed by atoms with Crippen molar-refractivity contribution in [1.82, 2.24) is 0 Å². The first-order valence-electron chi connectivity index (χ1n) is 5.66. The highest BCUT2D eigenvalue weighted by Gasteiger charge is 2.16. The molecule has 1 aromatic carbocycles. The fraction of sp³-hybridized carbons (Fsp3) is 0.385. The summed E-state index contributed by atoms with van der Waals surface area (Å²) in [6.45, 7) is 0.186. The number of methoxy groups -OCH3 is 1. The first kappa shape index (κ1) is 14.2. The number of rotatable bonds is 6. The number of nitrogens with two attached hydrogens (primary N) is 1. The van der Waals surface area contributed by atoms with Gasteiger partial charge in [-0.3, -0.25) is 9.59 Å². The van der Waals surface area contributed by atoms with Gasteiger partial charge in [0, 0.05) is 6.42 Å². The number of carbonyl (C=O) groups excluding carboxylic acids is 2. The Labute approximate surface area is 106 Å². The van der Waals surface area contributed by atoms with E-state index in [9.17, 15) is 9.59 Å². The molecule has 1 rings (SSSR count). The van der Waals surface area contributed by atoms with Crippen LogP contribution in [-0.4, -0.2) is 25.1 Å². The van der Waals surface area contributed by atoms with Crippen LogP contribution in [0.5, 0.6) is 0 Å². The van der Waals surface area contributed by atoms with Crippen LogP contribution in [0.2, 0.25) is 0 Å². The van der Waals surface area contributed by atoms with Gasteiger partial charge in [0.25, 0.3) is 0 Å². The van der Waals surface area contributed by atoms with Gasteiger partial charge in [-0.25, -0.2) is 0 Å². The van der Waals surface area contributed by atoms with Crippen molar-refractivity contribution in [3.8, 4) is 0 Å². The van der Waals surface area contributed by atoms with E-state index < -0.39 is 12.0 Å². The molecule has 0 spiro atoms. The summed E-state index contributed by atoms with van der Waals surface area (Å²) >= 11 is 0. The molecule has 0 aliphatic heterocycles. The minimum Gasteiger partial charge on any atom is -0.469 e. The number of hydrogen-bond donors (Lipinski definition) is 1. The zero-order valence-electron chi connectivity index (χ0n) is 10.3. The van der Waals surface area contributed by atoms with Gasteiger partial charge in [0.05, 0.1) is 7.11 Å². The van der Waals surface area contributed by atoms with Crippen LogP contribution >= 0.6 is 0 Å². The predicted octanol–water partition coefficient (Wildman–Crippen LogP) is 1.01. The number of hydrogen-bond acceptors (Lipinski definition) is 5. The van der Waals surface area contributed by atoms with Crippen LogP contribution in [0, 0.1) is 0 Å². The summed E-state index contributed by atoms with van der Waals surface area (Å²) in [6.07, 6.45) is 0.332. The highest BCUT2D eigenvalue weighted by atomic mass is 16.5. The monoisotopic (exact) mass is 251 g/mol. The van der Waals surface area contributed by atoms with E-state index in [1.54, 1.807) is 0 Å². The first-order valence-corrected chi connectivity index (χ1v) is 5.66. The average molecular weight is 251 g/mol. The quantitative estimate of drug-likeness (QED) is 0.763. The SMILES string of the molecule is COC(=O)CCC(N)C(=O)OCc1ccccc1. The van der Waals surface area contributed by atoms with Gasteiger partial charge >= 0.3 is 11.9 Å². The lowest BCUT2D eigenvalue weighted by Gasteiger charge is -2.10. The number of benzene rings is 1. The zero-order valence-corrected chi connectivity index (χ0v) is 10.3. The van der Waals surface area contributed by atoms with Crippen LogP contribution < -0.4 is 5.73 Å². The minimum atomic E-state index is -0.798. The van der Waals surface area contributed by atoms with Crippen molar-refractivity contribution in [2.75, 3.05) is 7.11 Å². The second-order valence-corrected chi connectivity index (χ2v) is 3.81. The lowest BCUT2D eigenvalue weighted by Crippen LogP contribution is -2.32. The molecule has 5 heteroatoms. The van der Waals surface area contributed by atoms with Gasteiger partial charge in [0.1, 0.15) is 12.6 Å². The van der Waals surface area contributed by atoms with Crippen LogP contribution in [0.3, 0.4) is 0 Å². The molecule has 98 valence electrons. The molecule has 0 fully saturated rings. The molecular formula is C13H17NO4. The summed E-state index contributed by atoms with van der Waals surface area (Å²) in [5.41, 5.74) is 6.50. The molecule has 0 radical (unpaired) electrons. The Kier molecular flexibility index (Phi) is 5.87. The topological polar surface area (TPSA) is 78.6 Å². The molecule has 0 aromatic heterocycles. The normalized spacial score (nSPS) is 11.7. The molecule has 0 saturated carbocycles. The Bertz CT molecular complexity index is 391. The molecule has 18 heavy (non-hydrogen) atoms. The molecule has 0 amide bonds. The maximum absolute atomic E-state index is 11.5. The minimum absolute atomic E-state index is 0.109. The predicted molar refractivity (Wildman–Crippen MR) is 65.5 cm³/mol. The molecule has 5 nitrogen and oxygen atoms in total. The van der Waals surface area contributed by atoms with E-state index in [1.807, 2.05) is 30.3 Å². The number of ether oxygens (including phenoxy) is 2. The molecule has 0 heterocycles. The fourth-order valence-electron chi connectivity index (χ4n) is 1.33. The molecule has 1 unspecified atom stereocenters. The van der Waals surface area contributed by atoms with Crippen molar-refractivity contribution >= 4 is 11.9 Å². The second kappa shape index (κ2) is 7.45. The van der Waals surface area contributed by atoms with Gasteiger partial charge in [-0.1, -0.05) is 30.3 Å². The lowest BCUT2D eigenvalue weighted by atomic mass is 10.2. The van der Waals surface area contributed by atoms with Gasteiger partial charge in [0.2, 0.25) is 0 Å². The van der Waals surface area contributed by atoms with E-state index in [2.05, 4.69) is 4.74 Å². The average Bonchev–Trinajstić information content (AvgIpc) is 2.42. The van der Waals surface area contributed by atoms with E-state index in [1.165, 1.54) is 7.11 Å². The standard InChI is InChI=1S/C13H17NO4/c1-17-12(15)8-7-11(14)13(16)18-9-10-5-3-2-4-6-10/h2-6,11H,7-9,14H2,1H3. The van der Waals surface area contributed by atoms with Gasteiger partial charge in [-0.15, -0.1) is 0 Å². The zero-order chi connectivity index (χ0) is 13.4. The summed E-state index contributed by atoms with van der Waals surface area (Å²) in [4.78, 5) is 22.4. The van der Waals surface area contributed by atoms with Crippen molar-refractivity contribution in [2.24, 2.45) is 5.73 Å². The molecule has 0 bridgehead atoms. The van der Waals surface area contributed by atoms with E-state index in [4.69, 9.17) is 10.5 Å². The van der Waals surface area contributed by atoms with E-state index in [-0.39, 0.29) is 25.4 Å². The van der Waals surface area contributed by atoms with Gasteiger partial charge in [-0.2, -0.15) is 0 Å². The maximum Gasteiger partial charge on any atom is 0.323 e. The van der Waals surface area contributed by atoms with Gasteiger partial charge in [0.15, 0.2) is 0 Å². The Balaban J connectivity index is 2.30. The third-order valence-corrected chi connectivity index (χ3v) is 2.41. The summed E-state index contributed by atoms with van der Waals surface area (Å²) < 4.78 is 9.50. The third kappa shape index (κ3) is 4.97. The lowest BCUT2D eigenvalue weighted by molar-refractivity contribution is -0.147. The second-order valence-electron chi connectivity index (χ2n) is 3.81. The fourth-order valence-corrected chi connectivity index (χ4v) is 1.33. The Hall–Kier alpha value is -1.88. The molecular weight excluding hydrogens is 234 g/mol. The van der Waals surface area contributed by atoms with Crippen LogP contribution in [0.15, 0.2) is 30.3 Å². The summed E-state index contributed by atoms with van der Waals surface area (Å²) in [5, 5.41) is 0. The highest BCUT2D eigenvalue weighted by Crippen LogP contribution is 2.04. The van der Waals surface area contributed by atoms with Crippen LogP contribution in [0.4, 0.5) is 0 Å². The van der Waals surface area contributed by atoms with Crippen molar-refractivity contribution in [2.45, 2.75) is 25.5 Å². The van der Waals surface area contributed by atoms with E-state index >= 15 is 0 Å². The van der Waals surface area contributed by atoms with Crippen molar-refractivity contribution in [3.63, 3.8) is 0 Å². The largest absolute Gasteiger partial charge is 0.469 e. The summed E-state index contributed by atoms with van der Waals surface area (Å²) in [6, 6.07) is 8.52. The first-order chi connectivity index (χ1) is 8.63. The van der Waals surface area contributed by atoms with Gasteiger partial charge in [-0.05, 0) is 12.0 Å². The van der Waals surface area contributed by atoms with Crippen LogP contribution in [0.1, 0.15) is 18.4 Å². The number of carbonyl (C=O) groups is 2. The Morgan fingerprint density at radius 3 is 2.56 bits per heavy atom. The number of esters is 2. The molecule has 1 aromatic rings. The summed E-state index contributed by atoms with van der Waals surface area (Å²) in [7, 11) is 1.29. The summed E-state index contributed by atoms with van der Waals surface area (Å²) in [5.74, 6) is -0.899. The Morgan fingerprint density at radius 1 is 1.28 bits per heavy atom. The van der Waals surface area contributed by atoms with Gasteiger partial charge < -0.3 is 15.2 Å². The van der Waals surface area contributed by atoms with Crippen molar-refractivity contribution in [1.29, 1.82) is 0 Å². The van der Waals surface area contributed by atoms with Crippen LogP contribution in [0.25, 0.3) is 0 Å². The highest BCUT2D eigenvalue weighted by molar-refractivity contribution is 5.77. The smallest absolute Gasteiger partial charge is 0.323 e. The van der Waals surface area contributed by atoms with Crippen molar-refractivity contribution < 1.29 is 19.1 Å².